The van der Waals surface area contributed by atoms with Gasteiger partial charge in [0.15, 0.2) is 0 Å². The van der Waals surface area contributed by atoms with Crippen molar-refractivity contribution in [1.29, 1.82) is 0 Å². The van der Waals surface area contributed by atoms with Gasteiger partial charge in [-0.2, -0.15) is 10.2 Å². The van der Waals surface area contributed by atoms with E-state index in [2.05, 4.69) is 21.1 Å². The molecule has 0 unspecified atom stereocenters. The van der Waals surface area contributed by atoms with Crippen molar-refractivity contribution in [1.82, 2.24) is 10.9 Å². The molecule has 0 spiro atoms. The van der Waals surface area contributed by atoms with Crippen molar-refractivity contribution in [2.24, 2.45) is 15.3 Å². The summed E-state index contributed by atoms with van der Waals surface area (Å²) in [6.45, 7) is 0.507. The summed E-state index contributed by atoms with van der Waals surface area (Å²) in [7, 11) is -0.961. The third-order valence-corrected chi connectivity index (χ3v) is 6.64. The Morgan fingerprint density at radius 3 is 1.58 bits per heavy atom. The lowest BCUT2D eigenvalue weighted by molar-refractivity contribution is 0.414. The van der Waals surface area contributed by atoms with E-state index in [0.29, 0.717) is 11.5 Å². The topological polar surface area (TPSA) is 162 Å². The maximum atomic E-state index is 13.0. The molecular formula is C26H25N5O6S. The first-order valence-electron chi connectivity index (χ1n) is 11.3. The standard InChI is InChI=1S/C26H25N5O6S/c1-36-18-7-3-16(4-8-18)14-28-30-23-21-12-11-20(38(27,34)35)13-22(21)24(26(33)25(23)32)31-29-15-17-5-9-19(37-2)10-6-17/h3-13,28-29H,14-15H2,1-2H3,(H2,27,34,35). The van der Waals surface area contributed by atoms with E-state index in [1.165, 1.54) is 18.2 Å². The lowest BCUT2D eigenvalue weighted by Crippen LogP contribution is -2.49. The molecule has 0 bridgehead atoms. The fourth-order valence-electron chi connectivity index (χ4n) is 3.69. The van der Waals surface area contributed by atoms with Gasteiger partial charge in [0.1, 0.15) is 22.2 Å². The van der Waals surface area contributed by atoms with Crippen LogP contribution in [0.25, 0.3) is 10.8 Å². The van der Waals surface area contributed by atoms with Crippen LogP contribution in [0.1, 0.15) is 11.1 Å². The number of nitrogens with two attached hydrogens (primary N) is 1. The minimum absolute atomic E-state index is 0.119. The number of nitrogens with one attached hydrogen (secondary N) is 2. The molecule has 0 aliphatic heterocycles. The largest absolute Gasteiger partial charge is 0.497 e. The van der Waals surface area contributed by atoms with E-state index in [1.807, 2.05) is 24.3 Å². The molecular weight excluding hydrogens is 510 g/mol. The van der Waals surface area contributed by atoms with Gasteiger partial charge in [0.2, 0.25) is 10.0 Å². The van der Waals surface area contributed by atoms with Gasteiger partial charge < -0.3 is 20.3 Å². The Balaban J connectivity index is 1.76. The molecule has 0 saturated heterocycles. The molecule has 0 atom stereocenters. The monoisotopic (exact) mass is 535 g/mol. The smallest absolute Gasteiger partial charge is 0.255 e. The molecule has 0 amide bonds. The summed E-state index contributed by atoms with van der Waals surface area (Å²) < 4.78 is 34.2. The first kappa shape index (κ1) is 26.5. The van der Waals surface area contributed by atoms with Gasteiger partial charge in [-0.15, -0.1) is 0 Å². The highest BCUT2D eigenvalue weighted by molar-refractivity contribution is 7.89. The van der Waals surface area contributed by atoms with Crippen molar-refractivity contribution in [3.05, 3.63) is 109 Å². The van der Waals surface area contributed by atoms with Crippen molar-refractivity contribution < 1.29 is 17.9 Å². The van der Waals surface area contributed by atoms with Gasteiger partial charge >= 0.3 is 0 Å². The Kier molecular flexibility index (Phi) is 7.84. The second-order valence-corrected chi connectivity index (χ2v) is 9.76. The number of rotatable bonds is 9. The van der Waals surface area contributed by atoms with Crippen LogP contribution in [-0.4, -0.2) is 22.6 Å². The first-order chi connectivity index (χ1) is 18.2. The molecule has 0 saturated carbocycles. The second kappa shape index (κ2) is 11.2. The highest BCUT2D eigenvalue weighted by Crippen LogP contribution is 2.13. The number of sulfonamides is 1. The Bertz CT molecular complexity index is 1800. The third-order valence-electron chi connectivity index (χ3n) is 5.73. The molecule has 0 radical (unpaired) electrons. The molecule has 4 rings (SSSR count). The Morgan fingerprint density at radius 1 is 0.711 bits per heavy atom. The summed E-state index contributed by atoms with van der Waals surface area (Å²) in [5, 5.41) is 13.6. The van der Waals surface area contributed by atoms with Crippen LogP contribution in [-0.2, 0) is 23.1 Å². The van der Waals surface area contributed by atoms with Gasteiger partial charge in [0.05, 0.1) is 32.2 Å². The van der Waals surface area contributed by atoms with E-state index in [1.54, 1.807) is 38.5 Å². The predicted octanol–water partition coefficient (Wildman–Crippen LogP) is 0.311. The minimum atomic E-state index is -4.09. The van der Waals surface area contributed by atoms with Gasteiger partial charge in [-0.05, 0) is 47.5 Å². The fourth-order valence-corrected chi connectivity index (χ4v) is 4.23. The van der Waals surface area contributed by atoms with E-state index in [9.17, 15) is 18.0 Å². The molecule has 12 heteroatoms. The molecule has 0 fully saturated rings. The highest BCUT2D eigenvalue weighted by Gasteiger charge is 2.15. The third kappa shape index (κ3) is 5.88. The number of nitrogens with zero attached hydrogens (tertiary/aromatic N) is 2. The number of hydrogen-bond acceptors (Lipinski definition) is 10. The molecule has 0 aliphatic carbocycles. The summed E-state index contributed by atoms with van der Waals surface area (Å²) >= 11 is 0. The second-order valence-electron chi connectivity index (χ2n) is 8.20. The van der Waals surface area contributed by atoms with Gasteiger partial charge in [0.25, 0.3) is 10.9 Å². The Labute approximate surface area is 217 Å². The van der Waals surface area contributed by atoms with Crippen molar-refractivity contribution >= 4 is 20.8 Å². The van der Waals surface area contributed by atoms with Crippen LogP contribution in [0.5, 0.6) is 11.5 Å². The summed E-state index contributed by atoms with van der Waals surface area (Å²) in [6.07, 6.45) is 0. The zero-order valence-electron chi connectivity index (χ0n) is 20.6. The summed E-state index contributed by atoms with van der Waals surface area (Å²) in [5.74, 6) is 1.38. The number of benzene rings is 4. The van der Waals surface area contributed by atoms with Crippen LogP contribution in [0.2, 0.25) is 0 Å². The van der Waals surface area contributed by atoms with Crippen LogP contribution in [0.4, 0.5) is 0 Å². The van der Waals surface area contributed by atoms with Gasteiger partial charge in [-0.25, -0.2) is 13.6 Å². The number of primary sulfonamides is 1. The molecule has 4 aromatic rings. The molecule has 0 aliphatic rings. The van der Waals surface area contributed by atoms with Crippen molar-refractivity contribution in [3.8, 4) is 11.5 Å². The van der Waals surface area contributed by atoms with Gasteiger partial charge in [0, 0.05) is 10.8 Å². The van der Waals surface area contributed by atoms with Gasteiger partial charge in [-0.1, -0.05) is 30.3 Å². The molecule has 196 valence electrons. The number of hydrogen-bond donors (Lipinski definition) is 3. The Morgan fingerprint density at radius 2 is 1.16 bits per heavy atom. The van der Waals surface area contributed by atoms with Crippen LogP contribution < -0.4 is 47.0 Å². The zero-order chi connectivity index (χ0) is 27.3. The van der Waals surface area contributed by atoms with Crippen LogP contribution in [0.15, 0.2) is 91.4 Å². The van der Waals surface area contributed by atoms with E-state index < -0.39 is 20.9 Å². The number of fused-ring (bicyclic) bond motifs is 1. The van der Waals surface area contributed by atoms with Crippen LogP contribution >= 0.6 is 0 Å². The molecule has 0 heterocycles. The zero-order valence-corrected chi connectivity index (χ0v) is 21.4. The molecule has 4 aromatic carbocycles. The number of methoxy groups -OCH3 is 2. The minimum Gasteiger partial charge on any atom is -0.497 e. The van der Waals surface area contributed by atoms with Gasteiger partial charge in [-0.3, -0.25) is 9.59 Å². The van der Waals surface area contributed by atoms with Crippen molar-refractivity contribution in [3.63, 3.8) is 0 Å². The lowest BCUT2D eigenvalue weighted by atomic mass is 10.1. The van der Waals surface area contributed by atoms with E-state index in [4.69, 9.17) is 14.6 Å². The SMILES string of the molecule is COc1ccc(CNN=c2c(=O)c(=O)c(=NNCc3ccc(OC)cc3)c3cc(S(N)(=O)=O)ccc23)cc1. The summed E-state index contributed by atoms with van der Waals surface area (Å²) in [6, 6.07) is 18.2. The normalized spacial score (nSPS) is 12.5. The first-order valence-corrected chi connectivity index (χ1v) is 12.9. The molecule has 11 nitrogen and oxygen atoms in total. The number of ether oxygens (including phenoxy) is 2. The van der Waals surface area contributed by atoms with Crippen LogP contribution in [0.3, 0.4) is 0 Å². The predicted molar refractivity (Wildman–Crippen MR) is 141 cm³/mol. The van der Waals surface area contributed by atoms with Crippen molar-refractivity contribution in [2.75, 3.05) is 14.2 Å². The maximum Gasteiger partial charge on any atom is 0.255 e. The maximum absolute atomic E-state index is 13.0. The van der Waals surface area contributed by atoms with Crippen molar-refractivity contribution in [2.45, 2.75) is 18.0 Å². The highest BCUT2D eigenvalue weighted by atomic mass is 32.2. The quantitative estimate of drug-likeness (QED) is 0.204. The van der Waals surface area contributed by atoms with E-state index in [-0.39, 0.29) is 39.5 Å². The molecule has 4 N–H and O–H groups in total. The average Bonchev–Trinajstić information content (AvgIpc) is 2.92. The lowest BCUT2D eigenvalue weighted by Gasteiger charge is -2.06. The summed E-state index contributed by atoms with van der Waals surface area (Å²) in [5.41, 5.74) is 5.46. The van der Waals surface area contributed by atoms with E-state index in [0.717, 1.165) is 11.1 Å². The Hall–Kier alpha value is -4.55. The molecule has 38 heavy (non-hydrogen) atoms. The average molecular weight is 536 g/mol. The summed E-state index contributed by atoms with van der Waals surface area (Å²) in [4.78, 5) is 25.8. The molecule has 0 aromatic heterocycles. The van der Waals surface area contributed by atoms with E-state index >= 15 is 0 Å². The fraction of sp³-hybridized carbons (Fsp3) is 0.154. The van der Waals surface area contributed by atoms with Crippen LogP contribution in [0, 0.1) is 0 Å².